The van der Waals surface area contributed by atoms with Crippen LogP contribution in [0.25, 0.3) is 0 Å². The van der Waals surface area contributed by atoms with Crippen molar-refractivity contribution >= 4 is 22.9 Å². The molecular formula is C25H24N2O2. The van der Waals surface area contributed by atoms with Gasteiger partial charge in [-0.05, 0) is 24.1 Å². The number of fused-ring (bicyclic) bond motifs is 2. The molecule has 0 atom stereocenters. The highest BCUT2D eigenvalue weighted by atomic mass is 16.1. The van der Waals surface area contributed by atoms with E-state index in [9.17, 15) is 9.59 Å². The Morgan fingerprint density at radius 3 is 1.83 bits per heavy atom. The maximum Gasteiger partial charge on any atom is 0.196 e. The third-order valence-electron chi connectivity index (χ3n) is 5.25. The second-order valence-corrected chi connectivity index (χ2v) is 7.23. The molecule has 0 saturated carbocycles. The lowest BCUT2D eigenvalue weighted by molar-refractivity contribution is 0.0980. The molecule has 4 heteroatoms. The zero-order chi connectivity index (χ0) is 20.2. The van der Waals surface area contributed by atoms with E-state index in [1.807, 2.05) is 42.5 Å². The van der Waals surface area contributed by atoms with Crippen LogP contribution < -0.4 is 10.6 Å². The summed E-state index contributed by atoms with van der Waals surface area (Å²) in [5.74, 6) is -0.206. The van der Waals surface area contributed by atoms with E-state index in [4.69, 9.17) is 0 Å². The molecule has 0 spiro atoms. The van der Waals surface area contributed by atoms with Crippen LogP contribution in [0.2, 0.25) is 0 Å². The molecule has 0 aliphatic heterocycles. The number of carbonyl (C=O) groups is 2. The van der Waals surface area contributed by atoms with Crippen molar-refractivity contribution in [2.24, 2.45) is 0 Å². The number of rotatable bonds is 7. The average Bonchev–Trinajstić information content (AvgIpc) is 2.77. The number of nitrogens with one attached hydrogen (secondary N) is 2. The molecule has 4 rings (SSSR count). The molecule has 1 aliphatic carbocycles. The van der Waals surface area contributed by atoms with E-state index in [0.717, 1.165) is 30.6 Å². The number of hydrogen-bond donors (Lipinski definition) is 2. The quantitative estimate of drug-likeness (QED) is 0.425. The van der Waals surface area contributed by atoms with Crippen LogP contribution in [-0.4, -0.2) is 18.1 Å². The number of hydrogen-bond acceptors (Lipinski definition) is 4. The normalized spacial score (nSPS) is 12.3. The lowest BCUT2D eigenvalue weighted by atomic mass is 9.82. The summed E-state index contributed by atoms with van der Waals surface area (Å²) in [5.41, 5.74) is 4.42. The molecule has 2 N–H and O–H groups in total. The smallest absolute Gasteiger partial charge is 0.196 e. The number of carbonyl (C=O) groups excluding carboxylic acids is 2. The van der Waals surface area contributed by atoms with Gasteiger partial charge in [-0.25, -0.2) is 0 Å². The minimum atomic E-state index is -0.107. The largest absolute Gasteiger partial charge is 0.384 e. The summed E-state index contributed by atoms with van der Waals surface area (Å²) in [5, 5.41) is 6.72. The number of ketones is 2. The van der Waals surface area contributed by atoms with Crippen LogP contribution in [0.15, 0.2) is 66.7 Å². The predicted molar refractivity (Wildman–Crippen MR) is 117 cm³/mol. The molecule has 0 aromatic heterocycles. The summed E-state index contributed by atoms with van der Waals surface area (Å²) >= 11 is 0. The molecule has 0 heterocycles. The number of anilines is 2. The average molecular weight is 384 g/mol. The Bertz CT molecular complexity index is 1060. The molecule has 0 bridgehead atoms. The van der Waals surface area contributed by atoms with Crippen molar-refractivity contribution in [2.45, 2.75) is 26.3 Å². The van der Waals surface area contributed by atoms with E-state index in [0.29, 0.717) is 34.5 Å². The second kappa shape index (κ2) is 8.31. The van der Waals surface area contributed by atoms with E-state index in [1.165, 1.54) is 0 Å². The summed E-state index contributed by atoms with van der Waals surface area (Å²) in [6.45, 7) is 3.47. The van der Waals surface area contributed by atoms with E-state index in [2.05, 4.69) is 17.6 Å². The maximum absolute atomic E-state index is 13.3. The Morgan fingerprint density at radius 2 is 1.24 bits per heavy atom. The Balaban J connectivity index is 1.76. The highest BCUT2D eigenvalue weighted by Crippen LogP contribution is 2.36. The standard InChI is InChI=1S/C25H24N2O2/c1-2-3-15-26-20-13-14-21(27-16-17-9-5-4-6-10-17)23-22(20)24(28)18-11-7-8-12-19(18)25(23)29/h4-14,26-27H,2-3,15-16H2,1H3. The predicted octanol–water partition coefficient (Wildman–Crippen LogP) is 5.29. The highest BCUT2D eigenvalue weighted by Gasteiger charge is 2.33. The van der Waals surface area contributed by atoms with Gasteiger partial charge in [-0.2, -0.15) is 0 Å². The first kappa shape index (κ1) is 18.9. The topological polar surface area (TPSA) is 58.2 Å². The number of benzene rings is 3. The van der Waals surface area contributed by atoms with Crippen LogP contribution in [-0.2, 0) is 6.54 Å². The fraction of sp³-hybridized carbons (Fsp3) is 0.200. The molecule has 3 aromatic rings. The van der Waals surface area contributed by atoms with Gasteiger partial charge in [-0.1, -0.05) is 67.9 Å². The fourth-order valence-corrected chi connectivity index (χ4v) is 3.71. The van der Waals surface area contributed by atoms with Gasteiger partial charge in [0.25, 0.3) is 0 Å². The van der Waals surface area contributed by atoms with Crippen molar-refractivity contribution in [1.29, 1.82) is 0 Å². The fourth-order valence-electron chi connectivity index (χ4n) is 3.71. The van der Waals surface area contributed by atoms with Gasteiger partial charge in [0.05, 0.1) is 11.1 Å². The molecule has 0 amide bonds. The van der Waals surface area contributed by atoms with Crippen molar-refractivity contribution in [2.75, 3.05) is 17.2 Å². The zero-order valence-corrected chi connectivity index (χ0v) is 16.5. The van der Waals surface area contributed by atoms with Gasteiger partial charge in [0.15, 0.2) is 11.6 Å². The second-order valence-electron chi connectivity index (χ2n) is 7.23. The Morgan fingerprint density at radius 1 is 0.690 bits per heavy atom. The van der Waals surface area contributed by atoms with Crippen LogP contribution in [0.1, 0.15) is 57.2 Å². The van der Waals surface area contributed by atoms with Crippen molar-refractivity contribution in [1.82, 2.24) is 0 Å². The summed E-state index contributed by atoms with van der Waals surface area (Å²) < 4.78 is 0. The van der Waals surface area contributed by atoms with Crippen LogP contribution in [0.3, 0.4) is 0 Å². The van der Waals surface area contributed by atoms with Gasteiger partial charge in [0.1, 0.15) is 0 Å². The SMILES string of the molecule is CCCCNc1ccc(NCc2ccccc2)c2c1C(=O)c1ccccc1C2=O. The van der Waals surface area contributed by atoms with Crippen LogP contribution in [0.4, 0.5) is 11.4 Å². The molecule has 1 aliphatic rings. The van der Waals surface area contributed by atoms with E-state index >= 15 is 0 Å². The summed E-state index contributed by atoms with van der Waals surface area (Å²) in [4.78, 5) is 26.7. The molecule has 146 valence electrons. The molecule has 0 saturated heterocycles. The van der Waals surface area contributed by atoms with Crippen LogP contribution in [0, 0.1) is 0 Å². The number of unbranched alkanes of at least 4 members (excludes halogenated alkanes) is 1. The molecule has 4 nitrogen and oxygen atoms in total. The van der Waals surface area contributed by atoms with Gasteiger partial charge in [0.2, 0.25) is 0 Å². The van der Waals surface area contributed by atoms with E-state index in [-0.39, 0.29) is 11.6 Å². The van der Waals surface area contributed by atoms with Crippen molar-refractivity contribution in [3.63, 3.8) is 0 Å². The molecule has 29 heavy (non-hydrogen) atoms. The first-order valence-electron chi connectivity index (χ1n) is 10.1. The summed E-state index contributed by atoms with van der Waals surface area (Å²) in [6.07, 6.45) is 2.06. The lowest BCUT2D eigenvalue weighted by Gasteiger charge is -2.24. The molecule has 0 radical (unpaired) electrons. The Kier molecular flexibility index (Phi) is 5.43. The molecule has 0 unspecified atom stereocenters. The van der Waals surface area contributed by atoms with E-state index < -0.39 is 0 Å². The zero-order valence-electron chi connectivity index (χ0n) is 16.5. The Hall–Kier alpha value is -3.40. The van der Waals surface area contributed by atoms with Gasteiger partial charge >= 0.3 is 0 Å². The van der Waals surface area contributed by atoms with Crippen molar-refractivity contribution in [3.8, 4) is 0 Å². The Labute approximate surface area is 171 Å². The monoisotopic (exact) mass is 384 g/mol. The molecular weight excluding hydrogens is 360 g/mol. The lowest BCUT2D eigenvalue weighted by Crippen LogP contribution is -2.24. The summed E-state index contributed by atoms with van der Waals surface area (Å²) in [6, 6.07) is 20.9. The van der Waals surface area contributed by atoms with Crippen molar-refractivity contribution in [3.05, 3.63) is 94.5 Å². The van der Waals surface area contributed by atoms with Crippen molar-refractivity contribution < 1.29 is 9.59 Å². The minimum absolute atomic E-state index is 0.0995. The van der Waals surface area contributed by atoms with Crippen LogP contribution >= 0.6 is 0 Å². The maximum atomic E-state index is 13.3. The van der Waals surface area contributed by atoms with Crippen LogP contribution in [0.5, 0.6) is 0 Å². The highest BCUT2D eigenvalue weighted by molar-refractivity contribution is 6.31. The van der Waals surface area contributed by atoms with Gasteiger partial charge in [-0.15, -0.1) is 0 Å². The molecule has 3 aromatic carbocycles. The minimum Gasteiger partial charge on any atom is -0.384 e. The van der Waals surface area contributed by atoms with Gasteiger partial charge in [-0.3, -0.25) is 9.59 Å². The first-order chi connectivity index (χ1) is 14.2. The van der Waals surface area contributed by atoms with Gasteiger partial charge in [0, 0.05) is 35.6 Å². The molecule has 0 fully saturated rings. The first-order valence-corrected chi connectivity index (χ1v) is 10.1. The van der Waals surface area contributed by atoms with E-state index in [1.54, 1.807) is 24.3 Å². The third-order valence-corrected chi connectivity index (χ3v) is 5.25. The summed E-state index contributed by atoms with van der Waals surface area (Å²) in [7, 11) is 0. The van der Waals surface area contributed by atoms with Gasteiger partial charge < -0.3 is 10.6 Å². The third kappa shape index (κ3) is 3.66.